The van der Waals surface area contributed by atoms with Gasteiger partial charge in [-0.25, -0.2) is 0 Å². The molecule has 0 spiro atoms. The first-order valence-electron chi connectivity index (χ1n) is 5.35. The van der Waals surface area contributed by atoms with Gasteiger partial charge >= 0.3 is 5.97 Å². The molecule has 4 heteroatoms. The maximum Gasteiger partial charge on any atom is 0.308 e. The van der Waals surface area contributed by atoms with E-state index in [9.17, 15) is 9.90 Å². The van der Waals surface area contributed by atoms with E-state index in [0.717, 1.165) is 0 Å². The SMILES string of the molecule is CC(C)C(=O)O[C@H]1C[C@H](O)COC1(C)C. The third-order valence-electron chi connectivity index (χ3n) is 2.64. The minimum absolute atomic E-state index is 0.153. The molecule has 0 aromatic heterocycles. The zero-order valence-electron chi connectivity index (χ0n) is 9.82. The smallest absolute Gasteiger partial charge is 0.308 e. The summed E-state index contributed by atoms with van der Waals surface area (Å²) >= 11 is 0. The van der Waals surface area contributed by atoms with E-state index in [0.29, 0.717) is 13.0 Å². The van der Waals surface area contributed by atoms with E-state index in [2.05, 4.69) is 0 Å². The fourth-order valence-electron chi connectivity index (χ4n) is 1.47. The van der Waals surface area contributed by atoms with Crippen molar-refractivity contribution in [3.05, 3.63) is 0 Å². The highest BCUT2D eigenvalue weighted by molar-refractivity contribution is 5.71. The van der Waals surface area contributed by atoms with E-state index in [1.165, 1.54) is 0 Å². The maximum atomic E-state index is 11.4. The summed E-state index contributed by atoms with van der Waals surface area (Å²) in [4.78, 5) is 11.4. The highest BCUT2D eigenvalue weighted by Crippen LogP contribution is 2.28. The lowest BCUT2D eigenvalue weighted by atomic mass is 9.93. The topological polar surface area (TPSA) is 55.8 Å². The van der Waals surface area contributed by atoms with Gasteiger partial charge < -0.3 is 14.6 Å². The molecule has 0 bridgehead atoms. The van der Waals surface area contributed by atoms with E-state index in [-0.39, 0.29) is 18.0 Å². The number of esters is 1. The van der Waals surface area contributed by atoms with Gasteiger partial charge in [0.2, 0.25) is 0 Å². The zero-order chi connectivity index (χ0) is 11.6. The summed E-state index contributed by atoms with van der Waals surface area (Å²) in [5.74, 6) is -0.398. The summed E-state index contributed by atoms with van der Waals surface area (Å²) in [6, 6.07) is 0. The average Bonchev–Trinajstić information content (AvgIpc) is 2.11. The van der Waals surface area contributed by atoms with Crippen molar-refractivity contribution in [2.75, 3.05) is 6.61 Å². The normalized spacial score (nSPS) is 30.3. The molecule has 1 N–H and O–H groups in total. The van der Waals surface area contributed by atoms with Gasteiger partial charge in [-0.3, -0.25) is 4.79 Å². The van der Waals surface area contributed by atoms with Crippen LogP contribution < -0.4 is 0 Å². The van der Waals surface area contributed by atoms with Crippen molar-refractivity contribution in [1.29, 1.82) is 0 Å². The molecule has 0 aromatic rings. The standard InChI is InChI=1S/C11H20O4/c1-7(2)10(13)15-9-5-8(12)6-14-11(9,3)4/h7-9,12H,5-6H2,1-4H3/t8-,9-/m0/s1. The van der Waals surface area contributed by atoms with Crippen LogP contribution >= 0.6 is 0 Å². The third-order valence-corrected chi connectivity index (χ3v) is 2.64. The molecule has 0 radical (unpaired) electrons. The van der Waals surface area contributed by atoms with Gasteiger partial charge in [0, 0.05) is 6.42 Å². The Balaban J connectivity index is 2.61. The molecule has 88 valence electrons. The van der Waals surface area contributed by atoms with E-state index in [1.807, 2.05) is 13.8 Å². The number of carbonyl (C=O) groups is 1. The summed E-state index contributed by atoms with van der Waals surface area (Å²) in [5, 5.41) is 9.45. The lowest BCUT2D eigenvalue weighted by Gasteiger charge is -2.40. The molecule has 15 heavy (non-hydrogen) atoms. The van der Waals surface area contributed by atoms with E-state index < -0.39 is 11.7 Å². The second-order valence-electron chi connectivity index (χ2n) is 4.88. The van der Waals surface area contributed by atoms with E-state index in [4.69, 9.17) is 9.47 Å². The fraction of sp³-hybridized carbons (Fsp3) is 0.909. The van der Waals surface area contributed by atoms with E-state index in [1.54, 1.807) is 13.8 Å². The van der Waals surface area contributed by atoms with Crippen molar-refractivity contribution in [2.24, 2.45) is 5.92 Å². The highest BCUT2D eigenvalue weighted by atomic mass is 16.6. The monoisotopic (exact) mass is 216 g/mol. The van der Waals surface area contributed by atoms with Crippen LogP contribution in [0.15, 0.2) is 0 Å². The Morgan fingerprint density at radius 3 is 2.67 bits per heavy atom. The third kappa shape index (κ3) is 3.18. The fourth-order valence-corrected chi connectivity index (χ4v) is 1.47. The second-order valence-corrected chi connectivity index (χ2v) is 4.88. The van der Waals surface area contributed by atoms with Gasteiger partial charge in [0.25, 0.3) is 0 Å². The van der Waals surface area contributed by atoms with E-state index >= 15 is 0 Å². The number of aliphatic hydroxyl groups is 1. The number of ether oxygens (including phenoxy) is 2. The summed E-state index contributed by atoms with van der Waals surface area (Å²) in [6.45, 7) is 7.63. The van der Waals surface area contributed by atoms with Crippen molar-refractivity contribution < 1.29 is 19.4 Å². The molecule has 1 fully saturated rings. The first-order valence-corrected chi connectivity index (χ1v) is 5.35. The molecule has 4 nitrogen and oxygen atoms in total. The average molecular weight is 216 g/mol. The first kappa shape index (κ1) is 12.5. The van der Waals surface area contributed by atoms with Crippen LogP contribution in [0.2, 0.25) is 0 Å². The van der Waals surface area contributed by atoms with Crippen LogP contribution in [-0.2, 0) is 14.3 Å². The Kier molecular flexibility index (Phi) is 3.73. The number of rotatable bonds is 2. The number of carbonyl (C=O) groups excluding carboxylic acids is 1. The molecule has 0 aromatic carbocycles. The quantitative estimate of drug-likeness (QED) is 0.703. The highest BCUT2D eigenvalue weighted by Gasteiger charge is 2.39. The van der Waals surface area contributed by atoms with Gasteiger partial charge in [0.1, 0.15) is 6.10 Å². The Hall–Kier alpha value is -0.610. The lowest BCUT2D eigenvalue weighted by molar-refractivity contribution is -0.199. The Morgan fingerprint density at radius 1 is 1.53 bits per heavy atom. The van der Waals surface area contributed by atoms with Crippen molar-refractivity contribution in [2.45, 2.75) is 51.9 Å². The van der Waals surface area contributed by atoms with Gasteiger partial charge in [-0.15, -0.1) is 0 Å². The number of hydrogen-bond donors (Lipinski definition) is 1. The van der Waals surface area contributed by atoms with Gasteiger partial charge in [0.05, 0.1) is 24.2 Å². The summed E-state index contributed by atoms with van der Waals surface area (Å²) in [7, 11) is 0. The van der Waals surface area contributed by atoms with Crippen molar-refractivity contribution in [3.63, 3.8) is 0 Å². The van der Waals surface area contributed by atoms with Crippen LogP contribution in [0, 0.1) is 5.92 Å². The van der Waals surface area contributed by atoms with Crippen LogP contribution in [0.5, 0.6) is 0 Å². The lowest BCUT2D eigenvalue weighted by Crippen LogP contribution is -2.50. The van der Waals surface area contributed by atoms with Gasteiger partial charge in [-0.1, -0.05) is 13.8 Å². The molecular weight excluding hydrogens is 196 g/mol. The summed E-state index contributed by atoms with van der Waals surface area (Å²) in [5.41, 5.74) is -0.510. The molecule has 1 rings (SSSR count). The first-order chi connectivity index (χ1) is 6.83. The van der Waals surface area contributed by atoms with Gasteiger partial charge in [-0.2, -0.15) is 0 Å². The molecule has 0 amide bonds. The van der Waals surface area contributed by atoms with Crippen molar-refractivity contribution in [1.82, 2.24) is 0 Å². The molecule has 1 heterocycles. The number of hydrogen-bond acceptors (Lipinski definition) is 4. The van der Waals surface area contributed by atoms with Gasteiger partial charge in [-0.05, 0) is 13.8 Å². The largest absolute Gasteiger partial charge is 0.459 e. The second kappa shape index (κ2) is 4.49. The van der Waals surface area contributed by atoms with Crippen molar-refractivity contribution >= 4 is 5.97 Å². The molecule has 0 saturated carbocycles. The Labute approximate surface area is 90.6 Å². The molecule has 0 unspecified atom stereocenters. The van der Waals surface area contributed by atoms with Gasteiger partial charge in [0.15, 0.2) is 0 Å². The van der Waals surface area contributed by atoms with Crippen molar-refractivity contribution in [3.8, 4) is 0 Å². The minimum atomic E-state index is -0.539. The van der Waals surface area contributed by atoms with Crippen LogP contribution in [0.25, 0.3) is 0 Å². The van der Waals surface area contributed by atoms with Crippen LogP contribution in [-0.4, -0.2) is 35.5 Å². The molecule has 0 aliphatic carbocycles. The molecule has 2 atom stereocenters. The van der Waals surface area contributed by atoms with Crippen LogP contribution in [0.4, 0.5) is 0 Å². The number of aliphatic hydroxyl groups excluding tert-OH is 1. The summed E-state index contributed by atoms with van der Waals surface area (Å²) in [6.07, 6.45) is -0.454. The molecular formula is C11H20O4. The summed E-state index contributed by atoms with van der Waals surface area (Å²) < 4.78 is 10.8. The predicted molar refractivity (Wildman–Crippen MR) is 55.4 cm³/mol. The Bertz CT molecular complexity index is 235. The zero-order valence-corrected chi connectivity index (χ0v) is 9.82. The molecule has 1 aliphatic heterocycles. The van der Waals surface area contributed by atoms with Crippen LogP contribution in [0.3, 0.4) is 0 Å². The predicted octanol–water partition coefficient (Wildman–Crippen LogP) is 1.11. The molecule has 1 aliphatic rings. The Morgan fingerprint density at radius 2 is 2.13 bits per heavy atom. The molecule has 1 saturated heterocycles. The minimum Gasteiger partial charge on any atom is -0.459 e. The van der Waals surface area contributed by atoms with Crippen LogP contribution in [0.1, 0.15) is 34.1 Å². The maximum absolute atomic E-state index is 11.4.